The number of rotatable bonds is 6. The Bertz CT molecular complexity index is 350. The zero-order valence-electron chi connectivity index (χ0n) is 9.53. The molecule has 0 fully saturated rings. The molecule has 17 heavy (non-hydrogen) atoms. The molecule has 0 bridgehead atoms. The van der Waals surface area contributed by atoms with Gasteiger partial charge >= 0.3 is 0 Å². The van der Waals surface area contributed by atoms with Crippen molar-refractivity contribution in [2.45, 2.75) is 0 Å². The molecule has 0 aromatic heterocycles. The lowest BCUT2D eigenvalue weighted by Gasteiger charge is -2.07. The molecule has 1 amide bonds. The van der Waals surface area contributed by atoms with E-state index in [2.05, 4.69) is 10.6 Å². The van der Waals surface area contributed by atoms with Gasteiger partial charge < -0.3 is 15.4 Å². The van der Waals surface area contributed by atoms with Crippen LogP contribution in [0.15, 0.2) is 24.3 Å². The first-order valence-corrected chi connectivity index (χ1v) is 5.02. The fourth-order valence-corrected chi connectivity index (χ4v) is 1.14. The number of carbonyl (C=O) groups excluding carboxylic acids is 1. The summed E-state index contributed by atoms with van der Waals surface area (Å²) in [5.41, 5.74) is 0. The fourth-order valence-electron chi connectivity index (χ4n) is 1.14. The third-order valence-electron chi connectivity index (χ3n) is 1.83. The second kappa shape index (κ2) is 8.78. The Hall–Kier alpha value is -1.33. The molecule has 0 heterocycles. The van der Waals surface area contributed by atoms with E-state index >= 15 is 0 Å². The molecule has 2 N–H and O–H groups in total. The number of benzene rings is 1. The molecule has 0 radical (unpaired) electrons. The zero-order chi connectivity index (χ0) is 11.8. The van der Waals surface area contributed by atoms with E-state index in [9.17, 15) is 9.18 Å². The summed E-state index contributed by atoms with van der Waals surface area (Å²) in [6, 6.07) is 5.89. The van der Waals surface area contributed by atoms with Gasteiger partial charge in [-0.25, -0.2) is 4.39 Å². The molecule has 1 aromatic rings. The van der Waals surface area contributed by atoms with Crippen LogP contribution in [0.1, 0.15) is 0 Å². The summed E-state index contributed by atoms with van der Waals surface area (Å²) in [4.78, 5) is 11.0. The van der Waals surface area contributed by atoms with Gasteiger partial charge in [0.05, 0.1) is 13.1 Å². The normalized spacial score (nSPS) is 9.29. The summed E-state index contributed by atoms with van der Waals surface area (Å²) < 4.78 is 18.0. The van der Waals surface area contributed by atoms with Crippen LogP contribution in [0, 0.1) is 5.82 Å². The molecule has 96 valence electrons. The SMILES string of the molecule is CNCC(=O)NCCOc1cccc(F)c1.Cl. The number of halogens is 2. The molecular weight excluding hydrogens is 247 g/mol. The van der Waals surface area contributed by atoms with E-state index in [4.69, 9.17) is 4.74 Å². The number of hydrogen-bond donors (Lipinski definition) is 2. The Morgan fingerprint density at radius 3 is 2.88 bits per heavy atom. The maximum Gasteiger partial charge on any atom is 0.234 e. The van der Waals surface area contributed by atoms with E-state index < -0.39 is 0 Å². The van der Waals surface area contributed by atoms with Crippen molar-refractivity contribution in [3.05, 3.63) is 30.1 Å². The average molecular weight is 263 g/mol. The molecule has 1 aromatic carbocycles. The first kappa shape index (κ1) is 15.7. The van der Waals surface area contributed by atoms with Crippen molar-refractivity contribution >= 4 is 18.3 Å². The van der Waals surface area contributed by atoms with Crippen LogP contribution in [0.2, 0.25) is 0 Å². The third kappa shape index (κ3) is 6.76. The molecule has 0 aliphatic heterocycles. The summed E-state index contributed by atoms with van der Waals surface area (Å²) >= 11 is 0. The van der Waals surface area contributed by atoms with Crippen molar-refractivity contribution in [3.8, 4) is 5.75 Å². The van der Waals surface area contributed by atoms with Crippen LogP contribution >= 0.6 is 12.4 Å². The molecular formula is C11H16ClFN2O2. The Morgan fingerprint density at radius 2 is 2.24 bits per heavy atom. The molecule has 0 unspecified atom stereocenters. The maximum atomic E-state index is 12.7. The van der Waals surface area contributed by atoms with E-state index in [0.717, 1.165) is 0 Å². The zero-order valence-corrected chi connectivity index (χ0v) is 10.3. The number of hydrogen-bond acceptors (Lipinski definition) is 3. The molecule has 6 heteroatoms. The predicted molar refractivity (Wildman–Crippen MR) is 66.1 cm³/mol. The highest BCUT2D eigenvalue weighted by Gasteiger charge is 1.98. The van der Waals surface area contributed by atoms with Gasteiger partial charge in [-0.3, -0.25) is 4.79 Å². The van der Waals surface area contributed by atoms with Crippen molar-refractivity contribution < 1.29 is 13.9 Å². The number of carbonyl (C=O) groups is 1. The minimum Gasteiger partial charge on any atom is -0.492 e. The van der Waals surface area contributed by atoms with Crippen LogP contribution in [0.3, 0.4) is 0 Å². The van der Waals surface area contributed by atoms with Crippen molar-refractivity contribution in [1.29, 1.82) is 0 Å². The smallest absolute Gasteiger partial charge is 0.234 e. The molecule has 0 aliphatic rings. The van der Waals surface area contributed by atoms with E-state index in [0.29, 0.717) is 18.9 Å². The lowest BCUT2D eigenvalue weighted by Crippen LogP contribution is -2.34. The number of amides is 1. The average Bonchev–Trinajstić information content (AvgIpc) is 2.25. The van der Waals surface area contributed by atoms with E-state index in [-0.39, 0.29) is 30.7 Å². The van der Waals surface area contributed by atoms with Crippen molar-refractivity contribution in [1.82, 2.24) is 10.6 Å². The van der Waals surface area contributed by atoms with Crippen LogP contribution in [-0.2, 0) is 4.79 Å². The van der Waals surface area contributed by atoms with Crippen molar-refractivity contribution in [2.24, 2.45) is 0 Å². The lowest BCUT2D eigenvalue weighted by atomic mass is 10.3. The van der Waals surface area contributed by atoms with Gasteiger partial charge in [0.15, 0.2) is 0 Å². The fraction of sp³-hybridized carbons (Fsp3) is 0.364. The summed E-state index contributed by atoms with van der Waals surface area (Å²) in [6.45, 7) is 0.996. The standard InChI is InChI=1S/C11H15FN2O2.ClH/c1-13-8-11(15)14-5-6-16-10-4-2-3-9(12)7-10;/h2-4,7,13H,5-6,8H2,1H3,(H,14,15);1H. The topological polar surface area (TPSA) is 50.4 Å². The van der Waals surface area contributed by atoms with E-state index in [1.54, 1.807) is 19.2 Å². The Morgan fingerprint density at radius 1 is 1.47 bits per heavy atom. The summed E-state index contributed by atoms with van der Waals surface area (Å²) in [6.07, 6.45) is 0. The largest absolute Gasteiger partial charge is 0.492 e. The second-order valence-electron chi connectivity index (χ2n) is 3.19. The number of ether oxygens (including phenoxy) is 1. The van der Waals surface area contributed by atoms with E-state index in [1.165, 1.54) is 12.1 Å². The lowest BCUT2D eigenvalue weighted by molar-refractivity contribution is -0.120. The molecule has 0 saturated heterocycles. The van der Waals surface area contributed by atoms with Gasteiger partial charge in [-0.1, -0.05) is 6.07 Å². The van der Waals surface area contributed by atoms with Gasteiger partial charge in [0, 0.05) is 6.07 Å². The Balaban J connectivity index is 0.00000256. The molecule has 0 atom stereocenters. The maximum absolute atomic E-state index is 12.7. The van der Waals surface area contributed by atoms with Crippen molar-refractivity contribution in [2.75, 3.05) is 26.7 Å². The van der Waals surface area contributed by atoms with Crippen LogP contribution in [0.5, 0.6) is 5.75 Å². The molecule has 4 nitrogen and oxygen atoms in total. The van der Waals surface area contributed by atoms with Crippen molar-refractivity contribution in [3.63, 3.8) is 0 Å². The highest BCUT2D eigenvalue weighted by Crippen LogP contribution is 2.11. The number of nitrogens with one attached hydrogen (secondary N) is 2. The molecule has 0 spiro atoms. The van der Waals surface area contributed by atoms with Crippen LogP contribution < -0.4 is 15.4 Å². The van der Waals surface area contributed by atoms with Gasteiger partial charge in [0.1, 0.15) is 18.2 Å². The van der Waals surface area contributed by atoms with Gasteiger partial charge in [0.2, 0.25) is 5.91 Å². The minimum absolute atomic E-state index is 0. The van der Waals surface area contributed by atoms with Crippen LogP contribution in [0.25, 0.3) is 0 Å². The Kier molecular flexibility index (Phi) is 8.09. The highest BCUT2D eigenvalue weighted by molar-refractivity contribution is 5.85. The third-order valence-corrected chi connectivity index (χ3v) is 1.83. The van der Waals surface area contributed by atoms with Gasteiger partial charge in [-0.15, -0.1) is 12.4 Å². The first-order chi connectivity index (χ1) is 7.72. The highest BCUT2D eigenvalue weighted by atomic mass is 35.5. The van der Waals surface area contributed by atoms with Gasteiger partial charge in [0.25, 0.3) is 0 Å². The molecule has 0 aliphatic carbocycles. The second-order valence-corrected chi connectivity index (χ2v) is 3.19. The predicted octanol–water partition coefficient (Wildman–Crippen LogP) is 0.962. The van der Waals surface area contributed by atoms with Gasteiger partial charge in [-0.2, -0.15) is 0 Å². The monoisotopic (exact) mass is 262 g/mol. The molecule has 1 rings (SSSR count). The summed E-state index contributed by atoms with van der Waals surface area (Å²) in [5.74, 6) is 0.0323. The quantitative estimate of drug-likeness (QED) is 0.751. The summed E-state index contributed by atoms with van der Waals surface area (Å²) in [7, 11) is 1.70. The summed E-state index contributed by atoms with van der Waals surface area (Å²) in [5, 5.41) is 5.38. The Labute approximate surface area is 106 Å². The minimum atomic E-state index is -0.336. The van der Waals surface area contributed by atoms with Crippen LogP contribution in [0.4, 0.5) is 4.39 Å². The number of likely N-dealkylation sites (N-methyl/N-ethyl adjacent to an activating group) is 1. The van der Waals surface area contributed by atoms with E-state index in [1.807, 2.05) is 0 Å². The first-order valence-electron chi connectivity index (χ1n) is 5.02. The van der Waals surface area contributed by atoms with Crippen LogP contribution in [-0.4, -0.2) is 32.7 Å². The van der Waals surface area contributed by atoms with Gasteiger partial charge in [-0.05, 0) is 19.2 Å². The molecule has 0 saturated carbocycles.